The zero-order chi connectivity index (χ0) is 14.0. The fourth-order valence-corrected chi connectivity index (χ4v) is 1.79. The number of hydrogen-bond acceptors (Lipinski definition) is 5. The smallest absolute Gasteiger partial charge is 0.314 e. The summed E-state index contributed by atoms with van der Waals surface area (Å²) in [6.07, 6.45) is 1.90. The summed E-state index contributed by atoms with van der Waals surface area (Å²) in [5.74, 6) is -0.713. The molecule has 0 radical (unpaired) electrons. The topological polar surface area (TPSA) is 104 Å². The van der Waals surface area contributed by atoms with Crippen LogP contribution in [0.5, 0.6) is 0 Å². The summed E-state index contributed by atoms with van der Waals surface area (Å²) < 4.78 is 4.76. The van der Waals surface area contributed by atoms with Gasteiger partial charge in [0.25, 0.3) is 0 Å². The maximum atomic E-state index is 11.6. The van der Waals surface area contributed by atoms with Crippen LogP contribution in [0.3, 0.4) is 0 Å². The van der Waals surface area contributed by atoms with E-state index in [9.17, 15) is 14.7 Å². The van der Waals surface area contributed by atoms with Gasteiger partial charge in [0.15, 0.2) is 5.82 Å². The fourth-order valence-electron chi connectivity index (χ4n) is 1.79. The molecule has 19 heavy (non-hydrogen) atoms. The minimum Gasteiger partial charge on any atom is -0.388 e. The SMILES string of the molecule is Cc1cc(NC(=O)C(=O)NC[C@@](C)(O)C2CC2)no1. The molecule has 3 N–H and O–H groups in total. The molecule has 1 fully saturated rings. The number of carbonyl (C=O) groups excluding carboxylic acids is 2. The molecule has 1 aliphatic rings. The van der Waals surface area contributed by atoms with Crippen molar-refractivity contribution in [2.75, 3.05) is 11.9 Å². The van der Waals surface area contributed by atoms with Crippen molar-refractivity contribution >= 4 is 17.6 Å². The van der Waals surface area contributed by atoms with E-state index in [0.29, 0.717) is 5.76 Å². The summed E-state index contributed by atoms with van der Waals surface area (Å²) in [4.78, 5) is 23.1. The fraction of sp³-hybridized carbons (Fsp3) is 0.583. The molecule has 7 nitrogen and oxygen atoms in total. The van der Waals surface area contributed by atoms with Crippen molar-refractivity contribution in [2.45, 2.75) is 32.3 Å². The number of amides is 2. The van der Waals surface area contributed by atoms with Crippen molar-refractivity contribution in [3.8, 4) is 0 Å². The molecular weight excluding hydrogens is 250 g/mol. The lowest BCUT2D eigenvalue weighted by molar-refractivity contribution is -0.136. The number of nitrogens with one attached hydrogen (secondary N) is 2. The van der Waals surface area contributed by atoms with Gasteiger partial charge in [-0.2, -0.15) is 0 Å². The molecule has 1 aromatic heterocycles. The second kappa shape index (κ2) is 5.00. The summed E-state index contributed by atoms with van der Waals surface area (Å²) in [6, 6.07) is 1.51. The van der Waals surface area contributed by atoms with Gasteiger partial charge in [0.05, 0.1) is 5.60 Å². The van der Waals surface area contributed by atoms with Crippen molar-refractivity contribution in [3.63, 3.8) is 0 Å². The first-order valence-corrected chi connectivity index (χ1v) is 6.13. The number of carbonyl (C=O) groups is 2. The minimum absolute atomic E-state index is 0.0573. The highest BCUT2D eigenvalue weighted by Gasteiger charge is 2.40. The molecule has 1 aromatic rings. The first-order valence-electron chi connectivity index (χ1n) is 6.13. The lowest BCUT2D eigenvalue weighted by Gasteiger charge is -2.22. The van der Waals surface area contributed by atoms with Crippen LogP contribution < -0.4 is 10.6 Å². The summed E-state index contributed by atoms with van der Waals surface area (Å²) in [7, 11) is 0. The lowest BCUT2D eigenvalue weighted by Crippen LogP contribution is -2.45. The van der Waals surface area contributed by atoms with Crippen LogP contribution in [-0.2, 0) is 9.59 Å². The van der Waals surface area contributed by atoms with E-state index in [-0.39, 0.29) is 18.3 Å². The second-order valence-electron chi connectivity index (χ2n) is 5.09. The van der Waals surface area contributed by atoms with Crippen molar-refractivity contribution in [2.24, 2.45) is 5.92 Å². The highest BCUT2D eigenvalue weighted by molar-refractivity contribution is 6.39. The van der Waals surface area contributed by atoms with Gasteiger partial charge in [0.1, 0.15) is 5.76 Å². The Balaban J connectivity index is 1.80. The van der Waals surface area contributed by atoms with E-state index in [2.05, 4.69) is 15.8 Å². The van der Waals surface area contributed by atoms with E-state index in [1.165, 1.54) is 6.07 Å². The summed E-state index contributed by atoms with van der Waals surface area (Å²) in [5, 5.41) is 18.3. The van der Waals surface area contributed by atoms with Crippen LogP contribution in [0.4, 0.5) is 5.82 Å². The second-order valence-corrected chi connectivity index (χ2v) is 5.09. The van der Waals surface area contributed by atoms with E-state index in [1.807, 2.05) is 0 Å². The number of nitrogens with zero attached hydrogens (tertiary/aromatic N) is 1. The highest BCUT2D eigenvalue weighted by atomic mass is 16.5. The molecule has 2 amide bonds. The molecule has 1 atom stereocenters. The summed E-state index contributed by atoms with van der Waals surface area (Å²) in [6.45, 7) is 3.39. The van der Waals surface area contributed by atoms with Crippen molar-refractivity contribution in [1.82, 2.24) is 10.5 Å². The Bertz CT molecular complexity index is 491. The van der Waals surface area contributed by atoms with Gasteiger partial charge in [-0.05, 0) is 32.6 Å². The Morgan fingerprint density at radius 2 is 2.21 bits per heavy atom. The highest BCUT2D eigenvalue weighted by Crippen LogP contribution is 2.38. The zero-order valence-electron chi connectivity index (χ0n) is 10.9. The van der Waals surface area contributed by atoms with Crippen molar-refractivity contribution in [3.05, 3.63) is 11.8 Å². The van der Waals surface area contributed by atoms with E-state index in [0.717, 1.165) is 12.8 Å². The Morgan fingerprint density at radius 1 is 1.53 bits per heavy atom. The molecule has 7 heteroatoms. The van der Waals surface area contributed by atoms with E-state index >= 15 is 0 Å². The standard InChI is InChI=1S/C12H17N3O4/c1-7-5-9(15-19-7)14-11(17)10(16)13-6-12(2,18)8-3-4-8/h5,8,18H,3-4,6H2,1-2H3,(H,13,16)(H,14,15,17)/t12-/m1/s1. The molecule has 104 valence electrons. The monoisotopic (exact) mass is 267 g/mol. The maximum absolute atomic E-state index is 11.6. The molecule has 0 aliphatic heterocycles. The first-order chi connectivity index (χ1) is 8.88. The number of aliphatic hydroxyl groups is 1. The molecule has 2 rings (SSSR count). The quantitative estimate of drug-likeness (QED) is 0.676. The van der Waals surface area contributed by atoms with Gasteiger partial charge in [-0.1, -0.05) is 5.16 Å². The van der Waals surface area contributed by atoms with E-state index in [1.54, 1.807) is 13.8 Å². The molecule has 0 bridgehead atoms. The van der Waals surface area contributed by atoms with Crippen molar-refractivity contribution < 1.29 is 19.2 Å². The van der Waals surface area contributed by atoms with Crippen LogP contribution in [0.15, 0.2) is 10.6 Å². The molecule has 1 heterocycles. The molecule has 1 saturated carbocycles. The van der Waals surface area contributed by atoms with Gasteiger partial charge in [0, 0.05) is 12.6 Å². The third kappa shape index (κ3) is 3.54. The van der Waals surface area contributed by atoms with E-state index < -0.39 is 17.4 Å². The Hall–Kier alpha value is -1.89. The van der Waals surface area contributed by atoms with Crippen LogP contribution in [-0.4, -0.2) is 34.2 Å². The molecule has 0 saturated heterocycles. The van der Waals surface area contributed by atoms with Gasteiger partial charge in [-0.3, -0.25) is 14.9 Å². The van der Waals surface area contributed by atoms with Crippen LogP contribution in [0.1, 0.15) is 25.5 Å². The van der Waals surface area contributed by atoms with Gasteiger partial charge in [0.2, 0.25) is 0 Å². The average Bonchev–Trinajstić information content (AvgIpc) is 3.12. The third-order valence-corrected chi connectivity index (χ3v) is 3.14. The van der Waals surface area contributed by atoms with Crippen LogP contribution in [0, 0.1) is 12.8 Å². The summed E-state index contributed by atoms with van der Waals surface area (Å²) >= 11 is 0. The van der Waals surface area contributed by atoms with Crippen molar-refractivity contribution in [1.29, 1.82) is 0 Å². The minimum atomic E-state index is -0.958. The summed E-state index contributed by atoms with van der Waals surface area (Å²) in [5.41, 5.74) is -0.958. The van der Waals surface area contributed by atoms with Crippen LogP contribution >= 0.6 is 0 Å². The average molecular weight is 267 g/mol. The molecule has 0 spiro atoms. The Morgan fingerprint density at radius 3 is 2.74 bits per heavy atom. The Labute approximate surface area is 110 Å². The van der Waals surface area contributed by atoms with Crippen LogP contribution in [0.25, 0.3) is 0 Å². The lowest BCUT2D eigenvalue weighted by atomic mass is 10.0. The van der Waals surface area contributed by atoms with Gasteiger partial charge in [-0.25, -0.2) is 0 Å². The van der Waals surface area contributed by atoms with Gasteiger partial charge in [-0.15, -0.1) is 0 Å². The predicted octanol–water partition coefficient (Wildman–Crippen LogP) is 0.199. The zero-order valence-corrected chi connectivity index (χ0v) is 10.9. The normalized spacial score (nSPS) is 17.6. The predicted molar refractivity (Wildman–Crippen MR) is 66.2 cm³/mol. The molecule has 0 unspecified atom stereocenters. The number of aryl methyl sites for hydroxylation is 1. The molecule has 0 aromatic carbocycles. The first kappa shape index (κ1) is 13.5. The number of aromatic nitrogens is 1. The maximum Gasteiger partial charge on any atom is 0.314 e. The number of rotatable bonds is 4. The Kier molecular flexibility index (Phi) is 3.57. The largest absolute Gasteiger partial charge is 0.388 e. The third-order valence-electron chi connectivity index (χ3n) is 3.14. The van der Waals surface area contributed by atoms with E-state index in [4.69, 9.17) is 4.52 Å². The number of anilines is 1. The van der Waals surface area contributed by atoms with Gasteiger partial charge < -0.3 is 14.9 Å². The molecular formula is C12H17N3O4. The number of hydrogen-bond donors (Lipinski definition) is 3. The van der Waals surface area contributed by atoms with Gasteiger partial charge >= 0.3 is 11.8 Å². The van der Waals surface area contributed by atoms with Crippen LogP contribution in [0.2, 0.25) is 0 Å². The molecule has 1 aliphatic carbocycles.